The van der Waals surface area contributed by atoms with Crippen LogP contribution in [0.5, 0.6) is 5.75 Å². The molecule has 30 heavy (non-hydrogen) atoms. The molecule has 0 saturated carbocycles. The van der Waals surface area contributed by atoms with Gasteiger partial charge in [-0.05, 0) is 37.3 Å². The average molecular weight is 447 g/mol. The molecule has 11 heteroatoms. The quantitative estimate of drug-likeness (QED) is 0.717. The molecule has 1 aromatic heterocycles. The zero-order valence-electron chi connectivity index (χ0n) is 16.2. The Morgan fingerprint density at radius 1 is 1.23 bits per heavy atom. The number of alkyl halides is 3. The Labute approximate surface area is 171 Å². The number of carbonyl (C=O) groups is 1. The second kappa shape index (κ2) is 8.31. The third-order valence-corrected chi connectivity index (χ3v) is 5.55. The minimum atomic E-state index is -4.79. The number of carbonyl (C=O) groups excluding carboxylic acids is 1. The Hall–Kier alpha value is -2.53. The highest BCUT2D eigenvalue weighted by Gasteiger charge is 2.41. The van der Waals surface area contributed by atoms with E-state index in [9.17, 15) is 26.4 Å². The molecule has 0 aliphatic carbocycles. The Balaban J connectivity index is 1.76. The average Bonchev–Trinajstić information content (AvgIpc) is 2.90. The van der Waals surface area contributed by atoms with E-state index in [-0.39, 0.29) is 37.0 Å². The molecule has 2 aromatic rings. The Bertz CT molecular complexity index is 1010. The predicted octanol–water partition coefficient (Wildman–Crippen LogP) is 2.93. The number of furan rings is 1. The largest absolute Gasteiger partial charge is 0.486 e. The first-order valence-electron chi connectivity index (χ1n) is 8.96. The summed E-state index contributed by atoms with van der Waals surface area (Å²) in [6.45, 7) is 1.68. The van der Waals surface area contributed by atoms with Crippen molar-refractivity contribution in [2.75, 3.05) is 32.6 Å². The summed E-state index contributed by atoms with van der Waals surface area (Å²) >= 11 is 0. The summed E-state index contributed by atoms with van der Waals surface area (Å²) in [5.74, 6) is -1.83. The highest BCUT2D eigenvalue weighted by atomic mass is 32.2. The fraction of sp³-hybridized carbons (Fsp3) is 0.421. The molecule has 1 aliphatic heterocycles. The van der Waals surface area contributed by atoms with Crippen LogP contribution in [-0.2, 0) is 20.8 Å². The zero-order valence-corrected chi connectivity index (χ0v) is 17.0. The van der Waals surface area contributed by atoms with Crippen LogP contribution in [0.2, 0.25) is 0 Å². The predicted molar refractivity (Wildman–Crippen MR) is 99.1 cm³/mol. The smallest absolute Gasteiger partial charge is 0.450 e. The van der Waals surface area contributed by atoms with Gasteiger partial charge in [-0.1, -0.05) is 0 Å². The lowest BCUT2D eigenvalue weighted by Crippen LogP contribution is -2.40. The van der Waals surface area contributed by atoms with Crippen molar-refractivity contribution in [3.63, 3.8) is 0 Å². The number of benzene rings is 1. The molecule has 0 N–H and O–H groups in total. The third kappa shape index (κ3) is 5.14. The van der Waals surface area contributed by atoms with E-state index in [0.29, 0.717) is 5.75 Å². The van der Waals surface area contributed by atoms with Crippen LogP contribution < -0.4 is 4.74 Å². The van der Waals surface area contributed by atoms with Gasteiger partial charge in [-0.15, -0.1) is 0 Å². The minimum Gasteiger partial charge on any atom is -0.486 e. The van der Waals surface area contributed by atoms with E-state index in [4.69, 9.17) is 13.9 Å². The van der Waals surface area contributed by atoms with Gasteiger partial charge in [0, 0.05) is 12.8 Å². The molecular formula is C19H20F3NO6S. The van der Waals surface area contributed by atoms with Crippen LogP contribution in [0.25, 0.3) is 0 Å². The molecule has 1 aliphatic rings. The third-order valence-electron chi connectivity index (χ3n) is 4.42. The SMILES string of the molecule is Cc1cc(C(=O)N2CCOCC(Oc3ccc(S(C)(=O)=O)cc3)C2)c(C(F)(F)F)o1. The highest BCUT2D eigenvalue weighted by molar-refractivity contribution is 7.90. The second-order valence-corrected chi connectivity index (χ2v) is 8.92. The van der Waals surface area contributed by atoms with Gasteiger partial charge in [0.1, 0.15) is 17.6 Å². The number of hydrogen-bond acceptors (Lipinski definition) is 6. The number of nitrogens with zero attached hydrogens (tertiary/aromatic N) is 1. The zero-order chi connectivity index (χ0) is 22.1. The summed E-state index contributed by atoms with van der Waals surface area (Å²) in [7, 11) is -3.36. The molecule has 1 saturated heterocycles. The summed E-state index contributed by atoms with van der Waals surface area (Å²) in [5.41, 5.74) is -0.557. The van der Waals surface area contributed by atoms with Crippen molar-refractivity contribution in [2.45, 2.75) is 24.1 Å². The molecule has 7 nitrogen and oxygen atoms in total. The van der Waals surface area contributed by atoms with Crippen LogP contribution in [0, 0.1) is 6.92 Å². The molecule has 0 bridgehead atoms. The van der Waals surface area contributed by atoms with Crippen molar-refractivity contribution in [1.82, 2.24) is 4.90 Å². The maximum atomic E-state index is 13.2. The molecule has 1 unspecified atom stereocenters. The summed E-state index contributed by atoms with van der Waals surface area (Å²) in [6.07, 6.45) is -4.36. The lowest BCUT2D eigenvalue weighted by molar-refractivity contribution is -0.153. The second-order valence-electron chi connectivity index (χ2n) is 6.91. The van der Waals surface area contributed by atoms with Crippen LogP contribution in [0.1, 0.15) is 21.9 Å². The van der Waals surface area contributed by atoms with Gasteiger partial charge < -0.3 is 18.8 Å². The van der Waals surface area contributed by atoms with Crippen molar-refractivity contribution in [2.24, 2.45) is 0 Å². The van der Waals surface area contributed by atoms with Gasteiger partial charge in [0.2, 0.25) is 5.76 Å². The molecule has 1 aromatic carbocycles. The topological polar surface area (TPSA) is 86.0 Å². The van der Waals surface area contributed by atoms with Crippen molar-refractivity contribution in [1.29, 1.82) is 0 Å². The van der Waals surface area contributed by atoms with Gasteiger partial charge in [-0.3, -0.25) is 4.79 Å². The number of hydrogen-bond donors (Lipinski definition) is 0. The van der Waals surface area contributed by atoms with E-state index in [1.165, 1.54) is 36.1 Å². The van der Waals surface area contributed by atoms with Crippen molar-refractivity contribution >= 4 is 15.7 Å². The monoisotopic (exact) mass is 447 g/mol. The Kier molecular flexibility index (Phi) is 6.14. The number of halogens is 3. The molecule has 0 radical (unpaired) electrons. The van der Waals surface area contributed by atoms with Crippen LogP contribution in [0.3, 0.4) is 0 Å². The summed E-state index contributed by atoms with van der Waals surface area (Å²) < 4.78 is 78.5. The van der Waals surface area contributed by atoms with Crippen LogP contribution >= 0.6 is 0 Å². The lowest BCUT2D eigenvalue weighted by Gasteiger charge is -2.24. The summed E-state index contributed by atoms with van der Waals surface area (Å²) in [6, 6.07) is 6.77. The van der Waals surface area contributed by atoms with Gasteiger partial charge in [-0.25, -0.2) is 8.42 Å². The fourth-order valence-corrected chi connectivity index (χ4v) is 3.68. The highest BCUT2D eigenvalue weighted by Crippen LogP contribution is 2.34. The van der Waals surface area contributed by atoms with Crippen molar-refractivity contribution in [3.8, 4) is 5.75 Å². The van der Waals surface area contributed by atoms with Gasteiger partial charge in [-0.2, -0.15) is 13.2 Å². The van der Waals surface area contributed by atoms with E-state index < -0.39 is 39.3 Å². The molecule has 164 valence electrons. The van der Waals surface area contributed by atoms with Gasteiger partial charge >= 0.3 is 6.18 Å². The van der Waals surface area contributed by atoms with Crippen LogP contribution in [0.15, 0.2) is 39.6 Å². The molecule has 1 atom stereocenters. The maximum Gasteiger partial charge on any atom is 0.450 e. The minimum absolute atomic E-state index is 0.00577. The van der Waals surface area contributed by atoms with E-state index in [2.05, 4.69) is 0 Å². The number of aryl methyl sites for hydroxylation is 1. The molecule has 0 spiro atoms. The number of sulfone groups is 1. The first kappa shape index (κ1) is 22.2. The van der Waals surface area contributed by atoms with Gasteiger partial charge in [0.15, 0.2) is 9.84 Å². The van der Waals surface area contributed by atoms with E-state index in [1.54, 1.807) is 0 Å². The number of ether oxygens (including phenoxy) is 2. The van der Waals surface area contributed by atoms with Crippen molar-refractivity contribution in [3.05, 3.63) is 47.4 Å². The molecular weight excluding hydrogens is 427 g/mol. The summed E-state index contributed by atoms with van der Waals surface area (Å²) in [5, 5.41) is 0. The number of rotatable bonds is 4. The number of amides is 1. The molecule has 1 amide bonds. The van der Waals surface area contributed by atoms with Gasteiger partial charge in [0.25, 0.3) is 5.91 Å². The Morgan fingerprint density at radius 2 is 1.90 bits per heavy atom. The molecule has 3 rings (SSSR count). The summed E-state index contributed by atoms with van der Waals surface area (Å²) in [4.78, 5) is 14.1. The fourth-order valence-electron chi connectivity index (χ4n) is 3.05. The van der Waals surface area contributed by atoms with Gasteiger partial charge in [0.05, 0.1) is 30.2 Å². The molecule has 1 fully saturated rings. The normalized spacial score (nSPS) is 18.2. The van der Waals surface area contributed by atoms with E-state index >= 15 is 0 Å². The molecule has 2 heterocycles. The maximum absolute atomic E-state index is 13.2. The van der Waals surface area contributed by atoms with Crippen LogP contribution in [0.4, 0.5) is 13.2 Å². The standard InChI is InChI=1S/C19H20F3NO6S/c1-12-9-16(17(28-12)19(20,21)22)18(24)23-7-8-27-11-14(10-23)29-13-3-5-15(6-4-13)30(2,25)26/h3-6,9,14H,7-8,10-11H2,1-2H3. The van der Waals surface area contributed by atoms with Crippen molar-refractivity contribution < 1.29 is 40.3 Å². The van der Waals surface area contributed by atoms with E-state index in [0.717, 1.165) is 12.3 Å². The van der Waals surface area contributed by atoms with Crippen LogP contribution in [-0.4, -0.2) is 57.9 Å². The lowest BCUT2D eigenvalue weighted by atomic mass is 10.2. The first-order valence-corrected chi connectivity index (χ1v) is 10.9. The van der Waals surface area contributed by atoms with E-state index in [1.807, 2.05) is 0 Å². The first-order chi connectivity index (χ1) is 13.9. The Morgan fingerprint density at radius 3 is 2.50 bits per heavy atom.